The van der Waals surface area contributed by atoms with Gasteiger partial charge in [0.05, 0.1) is 15.3 Å². The predicted octanol–water partition coefficient (Wildman–Crippen LogP) is 3.46. The number of hydrogen-bond donors (Lipinski definition) is 0. The van der Waals surface area contributed by atoms with E-state index >= 15 is 0 Å². The molecule has 3 heteroatoms. The van der Waals surface area contributed by atoms with Gasteiger partial charge in [0.25, 0.3) is 0 Å². The molecule has 1 nitrogen and oxygen atoms in total. The van der Waals surface area contributed by atoms with Crippen LogP contribution in [0.3, 0.4) is 0 Å². The molecule has 0 spiro atoms. The molecule has 1 heterocycles. The summed E-state index contributed by atoms with van der Waals surface area (Å²) in [6.45, 7) is 0. The average molecular weight is 242 g/mol. The van der Waals surface area contributed by atoms with Crippen molar-refractivity contribution < 1.29 is 0 Å². The lowest BCUT2D eigenvalue weighted by atomic mass is 9.66. The van der Waals surface area contributed by atoms with Crippen LogP contribution in [0.4, 0.5) is 0 Å². The molecular formula is C9H8BrNS. The molecule has 2 rings (SSSR count). The summed E-state index contributed by atoms with van der Waals surface area (Å²) < 4.78 is 1.12. The van der Waals surface area contributed by atoms with Gasteiger partial charge in [-0.15, -0.1) is 11.3 Å². The number of hydrogen-bond acceptors (Lipinski definition) is 2. The van der Waals surface area contributed by atoms with Crippen LogP contribution in [0.25, 0.3) is 0 Å². The van der Waals surface area contributed by atoms with Crippen molar-refractivity contribution in [1.82, 2.24) is 0 Å². The normalized spacial score (nSPS) is 19.7. The fourth-order valence-electron chi connectivity index (χ4n) is 1.56. The van der Waals surface area contributed by atoms with Crippen LogP contribution in [0, 0.1) is 11.3 Å². The molecule has 1 fully saturated rings. The summed E-state index contributed by atoms with van der Waals surface area (Å²) in [5, 5.41) is 11.1. The molecule has 0 saturated heterocycles. The van der Waals surface area contributed by atoms with Crippen molar-refractivity contribution in [1.29, 1.82) is 5.26 Å². The minimum atomic E-state index is -0.136. The van der Waals surface area contributed by atoms with Crippen LogP contribution < -0.4 is 0 Å². The zero-order valence-corrected chi connectivity index (χ0v) is 8.91. The Morgan fingerprint density at radius 3 is 2.67 bits per heavy atom. The van der Waals surface area contributed by atoms with Crippen LogP contribution in [0.2, 0.25) is 0 Å². The van der Waals surface area contributed by atoms with Crippen molar-refractivity contribution in [2.75, 3.05) is 0 Å². The van der Waals surface area contributed by atoms with E-state index in [0.717, 1.165) is 16.6 Å². The van der Waals surface area contributed by atoms with Crippen LogP contribution in [0.5, 0.6) is 0 Å². The van der Waals surface area contributed by atoms with Crippen LogP contribution in [0.1, 0.15) is 24.8 Å². The third-order valence-electron chi connectivity index (χ3n) is 2.54. The molecule has 1 saturated carbocycles. The van der Waals surface area contributed by atoms with Crippen molar-refractivity contribution in [3.8, 4) is 6.07 Å². The Bertz CT molecular complexity index is 333. The van der Waals surface area contributed by atoms with Crippen molar-refractivity contribution in [2.24, 2.45) is 0 Å². The molecule has 1 aliphatic carbocycles. The highest BCUT2D eigenvalue weighted by molar-refractivity contribution is 9.11. The molecule has 12 heavy (non-hydrogen) atoms. The van der Waals surface area contributed by atoms with Gasteiger partial charge in [-0.3, -0.25) is 0 Å². The maximum Gasteiger partial charge on any atom is 0.0830 e. The summed E-state index contributed by atoms with van der Waals surface area (Å²) in [5.41, 5.74) is 1.07. The topological polar surface area (TPSA) is 23.8 Å². The molecule has 1 aromatic heterocycles. The van der Waals surface area contributed by atoms with Gasteiger partial charge in [-0.1, -0.05) is 0 Å². The maximum atomic E-state index is 9.04. The molecule has 1 aromatic rings. The van der Waals surface area contributed by atoms with Crippen LogP contribution in [-0.2, 0) is 5.41 Å². The van der Waals surface area contributed by atoms with E-state index in [-0.39, 0.29) is 5.41 Å². The van der Waals surface area contributed by atoms with Gasteiger partial charge >= 0.3 is 0 Å². The number of nitriles is 1. The lowest BCUT2D eigenvalue weighted by molar-refractivity contribution is 0.325. The average Bonchev–Trinajstić information content (AvgIpc) is 2.35. The van der Waals surface area contributed by atoms with Crippen molar-refractivity contribution in [3.63, 3.8) is 0 Å². The molecule has 0 N–H and O–H groups in total. The summed E-state index contributed by atoms with van der Waals surface area (Å²) in [4.78, 5) is 0. The molecule has 0 atom stereocenters. The summed E-state index contributed by atoms with van der Waals surface area (Å²) in [7, 11) is 0. The quantitative estimate of drug-likeness (QED) is 0.739. The molecule has 0 bridgehead atoms. The van der Waals surface area contributed by atoms with Crippen LogP contribution >= 0.6 is 27.3 Å². The Morgan fingerprint density at radius 1 is 1.58 bits per heavy atom. The van der Waals surface area contributed by atoms with E-state index in [1.165, 1.54) is 12.0 Å². The van der Waals surface area contributed by atoms with Crippen LogP contribution in [0.15, 0.2) is 15.2 Å². The largest absolute Gasteiger partial charge is 0.197 e. The molecule has 0 radical (unpaired) electrons. The van der Waals surface area contributed by atoms with E-state index in [0.29, 0.717) is 0 Å². The van der Waals surface area contributed by atoms with Crippen LogP contribution in [-0.4, -0.2) is 0 Å². The second-order valence-electron chi connectivity index (χ2n) is 3.19. The minimum Gasteiger partial charge on any atom is -0.197 e. The smallest absolute Gasteiger partial charge is 0.0830 e. The second kappa shape index (κ2) is 2.86. The van der Waals surface area contributed by atoms with Crippen molar-refractivity contribution >= 4 is 27.3 Å². The number of halogens is 1. The highest BCUT2D eigenvalue weighted by atomic mass is 79.9. The van der Waals surface area contributed by atoms with E-state index in [2.05, 4.69) is 33.4 Å². The van der Waals surface area contributed by atoms with Gasteiger partial charge in [-0.25, -0.2) is 0 Å². The lowest BCUT2D eigenvalue weighted by Crippen LogP contribution is -2.31. The van der Waals surface area contributed by atoms with Crippen molar-refractivity contribution in [2.45, 2.75) is 24.7 Å². The number of thiophene rings is 1. The zero-order valence-electron chi connectivity index (χ0n) is 6.51. The van der Waals surface area contributed by atoms with Gasteiger partial charge in [0.15, 0.2) is 0 Å². The summed E-state index contributed by atoms with van der Waals surface area (Å²) in [6, 6.07) is 4.51. The molecule has 0 aromatic carbocycles. The zero-order chi connectivity index (χ0) is 8.60. The van der Waals surface area contributed by atoms with Gasteiger partial charge < -0.3 is 0 Å². The molecule has 0 aliphatic heterocycles. The molecule has 62 valence electrons. The van der Waals surface area contributed by atoms with E-state index in [9.17, 15) is 0 Å². The summed E-state index contributed by atoms with van der Waals surface area (Å²) in [5.74, 6) is 0. The van der Waals surface area contributed by atoms with Gasteiger partial charge in [0.2, 0.25) is 0 Å². The first kappa shape index (κ1) is 8.28. The first-order chi connectivity index (χ1) is 5.77. The first-order valence-electron chi connectivity index (χ1n) is 3.93. The summed E-state index contributed by atoms with van der Waals surface area (Å²) >= 11 is 5.08. The Kier molecular flexibility index (Phi) is 1.97. The van der Waals surface area contributed by atoms with Gasteiger partial charge in [-0.05, 0) is 52.2 Å². The first-order valence-corrected chi connectivity index (χ1v) is 5.60. The Labute approximate surface area is 84.2 Å². The second-order valence-corrected chi connectivity index (χ2v) is 5.48. The highest BCUT2D eigenvalue weighted by Gasteiger charge is 2.39. The number of nitrogens with zero attached hydrogens (tertiary/aromatic N) is 1. The SMILES string of the molecule is N#CC1(c2csc(Br)c2)CCC1. The number of rotatable bonds is 1. The molecule has 0 unspecified atom stereocenters. The Balaban J connectivity index is 2.35. The maximum absolute atomic E-state index is 9.04. The minimum absolute atomic E-state index is 0.136. The lowest BCUT2D eigenvalue weighted by Gasteiger charge is -2.34. The monoisotopic (exact) mass is 241 g/mol. The molecule has 0 amide bonds. The highest BCUT2D eigenvalue weighted by Crippen LogP contribution is 2.45. The molecular weight excluding hydrogens is 234 g/mol. The summed E-state index contributed by atoms with van der Waals surface area (Å²) in [6.07, 6.45) is 3.26. The fraction of sp³-hybridized carbons (Fsp3) is 0.444. The van der Waals surface area contributed by atoms with E-state index in [1.807, 2.05) is 0 Å². The van der Waals surface area contributed by atoms with Gasteiger partial charge in [-0.2, -0.15) is 5.26 Å². The Morgan fingerprint density at radius 2 is 2.33 bits per heavy atom. The standard InChI is InChI=1S/C9H8BrNS/c10-8-4-7(5-12-8)9(6-11)2-1-3-9/h4-5H,1-3H2. The molecule has 1 aliphatic rings. The van der Waals surface area contributed by atoms with E-state index in [1.54, 1.807) is 11.3 Å². The Hall–Kier alpha value is -0.330. The third-order valence-corrected chi connectivity index (χ3v) is 4.05. The van der Waals surface area contributed by atoms with Gasteiger partial charge in [0.1, 0.15) is 0 Å². The van der Waals surface area contributed by atoms with Gasteiger partial charge in [0, 0.05) is 0 Å². The van der Waals surface area contributed by atoms with E-state index < -0.39 is 0 Å². The fourth-order valence-corrected chi connectivity index (χ4v) is 2.81. The predicted molar refractivity (Wildman–Crippen MR) is 53.2 cm³/mol. The third kappa shape index (κ3) is 1.10. The van der Waals surface area contributed by atoms with E-state index in [4.69, 9.17) is 5.26 Å². The van der Waals surface area contributed by atoms with Crippen molar-refractivity contribution in [3.05, 3.63) is 20.8 Å².